The summed E-state index contributed by atoms with van der Waals surface area (Å²) in [6.07, 6.45) is 5.44. The van der Waals surface area contributed by atoms with Crippen molar-refractivity contribution in [2.75, 3.05) is 13.6 Å². The Balaban J connectivity index is 1.46. The molecule has 0 unspecified atom stereocenters. The van der Waals surface area contributed by atoms with Crippen LogP contribution in [0.15, 0.2) is 53.3 Å². The van der Waals surface area contributed by atoms with E-state index in [9.17, 15) is 14.0 Å². The van der Waals surface area contributed by atoms with Crippen LogP contribution in [0.4, 0.5) is 4.39 Å². The Kier molecular flexibility index (Phi) is 6.95. The lowest BCUT2D eigenvalue weighted by molar-refractivity contribution is -0.136. The highest BCUT2D eigenvalue weighted by atomic mass is 19.1. The summed E-state index contributed by atoms with van der Waals surface area (Å²) in [4.78, 5) is 36.8. The molecule has 0 atom stereocenters. The highest BCUT2D eigenvalue weighted by Crippen LogP contribution is 2.24. The molecule has 1 fully saturated rings. The van der Waals surface area contributed by atoms with Crippen molar-refractivity contribution in [3.05, 3.63) is 76.1 Å². The van der Waals surface area contributed by atoms with Crippen LogP contribution in [0.5, 0.6) is 0 Å². The van der Waals surface area contributed by atoms with Gasteiger partial charge in [0, 0.05) is 12.6 Å². The number of likely N-dealkylation sites (N-methyl/N-ethyl adjacent to an activating group) is 1. The van der Waals surface area contributed by atoms with E-state index in [0.29, 0.717) is 29.8 Å². The Labute approximate surface area is 187 Å². The van der Waals surface area contributed by atoms with Gasteiger partial charge in [-0.2, -0.15) is 0 Å². The number of amides is 1. The zero-order valence-electron chi connectivity index (χ0n) is 18.4. The largest absolute Gasteiger partial charge is 0.334 e. The third kappa shape index (κ3) is 5.40. The van der Waals surface area contributed by atoms with Crippen LogP contribution in [0, 0.1) is 5.82 Å². The van der Waals surface area contributed by atoms with Crippen molar-refractivity contribution in [3.63, 3.8) is 0 Å². The van der Waals surface area contributed by atoms with Crippen LogP contribution < -0.4 is 5.56 Å². The minimum atomic E-state index is -0.277. The predicted molar refractivity (Wildman–Crippen MR) is 123 cm³/mol. The van der Waals surface area contributed by atoms with E-state index >= 15 is 0 Å². The molecule has 32 heavy (non-hydrogen) atoms. The van der Waals surface area contributed by atoms with Gasteiger partial charge in [0.2, 0.25) is 5.91 Å². The van der Waals surface area contributed by atoms with Crippen LogP contribution in [-0.4, -0.2) is 45.3 Å². The van der Waals surface area contributed by atoms with Crippen molar-refractivity contribution in [1.82, 2.24) is 19.8 Å². The molecule has 0 spiro atoms. The SMILES string of the molecule is CN(CC(=O)N(Cc1ccc(F)cc1)C1CCCCC1)Cc1nc2ccccc2c(=O)[nH]1. The number of halogens is 1. The number of rotatable bonds is 7. The fourth-order valence-electron chi connectivity index (χ4n) is 4.44. The monoisotopic (exact) mass is 436 g/mol. The van der Waals surface area contributed by atoms with E-state index in [0.717, 1.165) is 31.2 Å². The summed E-state index contributed by atoms with van der Waals surface area (Å²) in [6, 6.07) is 13.8. The second kappa shape index (κ2) is 10.0. The van der Waals surface area contributed by atoms with Crippen molar-refractivity contribution in [3.8, 4) is 0 Å². The molecule has 3 aromatic rings. The van der Waals surface area contributed by atoms with Crippen molar-refractivity contribution in [1.29, 1.82) is 0 Å². The van der Waals surface area contributed by atoms with E-state index < -0.39 is 0 Å². The lowest BCUT2D eigenvalue weighted by Crippen LogP contribution is -2.45. The number of aromatic amines is 1. The van der Waals surface area contributed by atoms with Crippen molar-refractivity contribution < 1.29 is 9.18 Å². The van der Waals surface area contributed by atoms with Gasteiger partial charge in [0.15, 0.2) is 0 Å². The molecule has 0 aliphatic heterocycles. The third-order valence-corrected chi connectivity index (χ3v) is 6.09. The molecule has 1 heterocycles. The summed E-state index contributed by atoms with van der Waals surface area (Å²) in [5.74, 6) is 0.291. The van der Waals surface area contributed by atoms with Crippen LogP contribution in [-0.2, 0) is 17.9 Å². The summed E-state index contributed by atoms with van der Waals surface area (Å²) in [5.41, 5.74) is 1.39. The number of H-pyrrole nitrogens is 1. The third-order valence-electron chi connectivity index (χ3n) is 6.09. The highest BCUT2D eigenvalue weighted by Gasteiger charge is 2.26. The number of aromatic nitrogens is 2. The number of fused-ring (bicyclic) bond motifs is 1. The first-order valence-corrected chi connectivity index (χ1v) is 11.2. The summed E-state index contributed by atoms with van der Waals surface area (Å²) in [5, 5.41) is 0.553. The molecule has 0 bridgehead atoms. The zero-order chi connectivity index (χ0) is 22.5. The minimum absolute atomic E-state index is 0.0341. The van der Waals surface area contributed by atoms with Gasteiger partial charge in [0.1, 0.15) is 11.6 Å². The van der Waals surface area contributed by atoms with Crippen molar-refractivity contribution in [2.24, 2.45) is 0 Å². The molecule has 1 amide bonds. The number of hydrogen-bond donors (Lipinski definition) is 1. The van der Waals surface area contributed by atoms with Crippen LogP contribution in [0.1, 0.15) is 43.5 Å². The van der Waals surface area contributed by atoms with Crippen LogP contribution in [0.25, 0.3) is 10.9 Å². The van der Waals surface area contributed by atoms with E-state index in [4.69, 9.17) is 0 Å². The molecule has 1 aliphatic carbocycles. The van der Waals surface area contributed by atoms with Crippen molar-refractivity contribution in [2.45, 2.75) is 51.2 Å². The van der Waals surface area contributed by atoms with Gasteiger partial charge in [-0.1, -0.05) is 43.5 Å². The minimum Gasteiger partial charge on any atom is -0.334 e. The van der Waals surface area contributed by atoms with Gasteiger partial charge in [-0.15, -0.1) is 0 Å². The lowest BCUT2D eigenvalue weighted by atomic mass is 9.93. The molecule has 7 heteroatoms. The van der Waals surface area contributed by atoms with Crippen LogP contribution in [0.3, 0.4) is 0 Å². The Bertz CT molecular complexity index is 1120. The quantitative estimate of drug-likeness (QED) is 0.611. The predicted octanol–water partition coefficient (Wildman–Crippen LogP) is 3.86. The lowest BCUT2D eigenvalue weighted by Gasteiger charge is -2.35. The Morgan fingerprint density at radius 1 is 1.06 bits per heavy atom. The van der Waals surface area contributed by atoms with Gasteiger partial charge in [0.05, 0.1) is 24.0 Å². The summed E-state index contributed by atoms with van der Waals surface area (Å²) in [6.45, 7) is 1.05. The smallest absolute Gasteiger partial charge is 0.258 e. The molecular weight excluding hydrogens is 407 g/mol. The number of carbonyl (C=O) groups excluding carboxylic acids is 1. The van der Waals surface area contributed by atoms with Gasteiger partial charge < -0.3 is 9.88 Å². The van der Waals surface area contributed by atoms with Gasteiger partial charge in [-0.25, -0.2) is 9.37 Å². The molecule has 1 saturated carbocycles. The average Bonchev–Trinajstić information content (AvgIpc) is 2.79. The Hall–Kier alpha value is -3.06. The number of nitrogens with one attached hydrogen (secondary N) is 1. The molecule has 4 rings (SSSR count). The average molecular weight is 437 g/mol. The second-order valence-electron chi connectivity index (χ2n) is 8.64. The molecule has 6 nitrogen and oxygen atoms in total. The maximum Gasteiger partial charge on any atom is 0.258 e. The zero-order valence-corrected chi connectivity index (χ0v) is 18.4. The van der Waals surface area contributed by atoms with E-state index in [2.05, 4.69) is 9.97 Å². The Morgan fingerprint density at radius 2 is 1.78 bits per heavy atom. The van der Waals surface area contributed by atoms with Crippen LogP contribution in [0.2, 0.25) is 0 Å². The fraction of sp³-hybridized carbons (Fsp3) is 0.400. The summed E-state index contributed by atoms with van der Waals surface area (Å²) < 4.78 is 13.3. The van der Waals surface area contributed by atoms with E-state index in [1.165, 1.54) is 18.6 Å². The fourth-order valence-corrected chi connectivity index (χ4v) is 4.44. The topological polar surface area (TPSA) is 69.3 Å². The van der Waals surface area contributed by atoms with Crippen LogP contribution >= 0.6 is 0 Å². The number of carbonyl (C=O) groups is 1. The van der Waals surface area contributed by atoms with E-state index in [-0.39, 0.29) is 29.9 Å². The number of benzene rings is 2. The van der Waals surface area contributed by atoms with Crippen molar-refractivity contribution >= 4 is 16.8 Å². The molecule has 2 aromatic carbocycles. The molecule has 168 valence electrons. The maximum atomic E-state index is 13.3. The van der Waals surface area contributed by atoms with Gasteiger partial charge in [0.25, 0.3) is 5.56 Å². The molecule has 1 aromatic heterocycles. The summed E-state index contributed by atoms with van der Waals surface area (Å²) in [7, 11) is 1.85. The second-order valence-corrected chi connectivity index (χ2v) is 8.64. The number of nitrogens with zero attached hydrogens (tertiary/aromatic N) is 3. The standard InChI is InChI=1S/C25H29FN4O2/c1-29(16-23-27-22-10-6-5-9-21(22)25(32)28-23)17-24(31)30(20-7-3-2-4-8-20)15-18-11-13-19(26)14-12-18/h5-6,9-14,20H,2-4,7-8,15-17H2,1H3,(H,27,28,32). The van der Waals surface area contributed by atoms with Gasteiger partial charge in [-0.3, -0.25) is 14.5 Å². The van der Waals surface area contributed by atoms with Gasteiger partial charge in [-0.05, 0) is 49.7 Å². The Morgan fingerprint density at radius 3 is 2.53 bits per heavy atom. The normalized spacial score (nSPS) is 14.7. The summed E-state index contributed by atoms with van der Waals surface area (Å²) >= 11 is 0. The number of para-hydroxylation sites is 1. The van der Waals surface area contributed by atoms with E-state index in [1.54, 1.807) is 18.2 Å². The molecular formula is C25H29FN4O2. The molecule has 0 saturated heterocycles. The molecule has 1 N–H and O–H groups in total. The first-order valence-electron chi connectivity index (χ1n) is 11.2. The van der Waals surface area contributed by atoms with E-state index in [1.807, 2.05) is 35.0 Å². The molecule has 1 aliphatic rings. The molecule has 0 radical (unpaired) electrons. The number of hydrogen-bond acceptors (Lipinski definition) is 4. The van der Waals surface area contributed by atoms with Gasteiger partial charge >= 0.3 is 0 Å². The maximum absolute atomic E-state index is 13.3. The first-order chi connectivity index (χ1) is 15.5. The highest BCUT2D eigenvalue weighted by molar-refractivity contribution is 5.79. The first kappa shape index (κ1) is 22.1.